The van der Waals surface area contributed by atoms with Crippen LogP contribution in [-0.4, -0.2) is 23.5 Å². The summed E-state index contributed by atoms with van der Waals surface area (Å²) < 4.78 is 2.18. The molecule has 1 heterocycles. The average molecular weight is 173 g/mol. The maximum atomic E-state index is 11.1. The predicted octanol–water partition coefficient (Wildman–Crippen LogP) is 1.47. The molecule has 0 bridgehead atoms. The van der Waals surface area contributed by atoms with Crippen molar-refractivity contribution >= 4 is 15.2 Å². The van der Waals surface area contributed by atoms with E-state index < -0.39 is 0 Å². The molecule has 0 aromatic rings. The van der Waals surface area contributed by atoms with E-state index in [1.807, 2.05) is 0 Å². The van der Waals surface area contributed by atoms with Gasteiger partial charge in [0.2, 0.25) is 0 Å². The van der Waals surface area contributed by atoms with Gasteiger partial charge in [-0.15, -0.1) is 0 Å². The van der Waals surface area contributed by atoms with Gasteiger partial charge in [-0.1, -0.05) is 15.8 Å². The van der Waals surface area contributed by atoms with Crippen molar-refractivity contribution in [1.82, 2.24) is 4.67 Å². The van der Waals surface area contributed by atoms with E-state index in [0.717, 1.165) is 19.5 Å². The Morgan fingerprint density at radius 2 is 2.27 bits per heavy atom. The molecule has 0 aromatic carbocycles. The first-order valence-electron chi connectivity index (χ1n) is 4.20. The summed E-state index contributed by atoms with van der Waals surface area (Å²) in [7, 11) is 2.69. The lowest BCUT2D eigenvalue weighted by Crippen LogP contribution is -2.23. The summed E-state index contributed by atoms with van der Waals surface area (Å²) in [6.07, 6.45) is 3.52. The van der Waals surface area contributed by atoms with Crippen molar-refractivity contribution in [2.75, 3.05) is 13.1 Å². The highest BCUT2D eigenvalue weighted by molar-refractivity contribution is 7.13. The number of ketones is 1. The Labute approximate surface area is 70.6 Å². The van der Waals surface area contributed by atoms with Crippen LogP contribution in [0.15, 0.2) is 0 Å². The van der Waals surface area contributed by atoms with Crippen LogP contribution < -0.4 is 0 Å². The normalized spacial score (nSPS) is 28.0. The van der Waals surface area contributed by atoms with Gasteiger partial charge < -0.3 is 0 Å². The van der Waals surface area contributed by atoms with Gasteiger partial charge in [0.25, 0.3) is 0 Å². The lowest BCUT2D eigenvalue weighted by Gasteiger charge is -2.16. The molecule has 3 heteroatoms. The molecule has 1 aliphatic heterocycles. The third-order valence-corrected chi connectivity index (χ3v) is 2.75. The average Bonchev–Trinajstić information content (AvgIpc) is 2.13. The molecule has 2 nitrogen and oxygen atoms in total. The zero-order chi connectivity index (χ0) is 8.27. The van der Waals surface area contributed by atoms with Gasteiger partial charge >= 0.3 is 0 Å². The van der Waals surface area contributed by atoms with Gasteiger partial charge in [-0.25, -0.2) is 0 Å². The Hall–Kier alpha value is 0.0600. The second kappa shape index (κ2) is 4.18. The molecule has 0 N–H and O–H groups in total. The van der Waals surface area contributed by atoms with Crippen molar-refractivity contribution in [1.29, 1.82) is 0 Å². The summed E-state index contributed by atoms with van der Waals surface area (Å²) in [6, 6.07) is 0. The van der Waals surface area contributed by atoms with Crippen LogP contribution in [-0.2, 0) is 4.79 Å². The monoisotopic (exact) mass is 173 g/mol. The van der Waals surface area contributed by atoms with E-state index >= 15 is 0 Å². The van der Waals surface area contributed by atoms with Gasteiger partial charge in [-0.05, 0) is 19.8 Å². The predicted molar refractivity (Wildman–Crippen MR) is 49.3 cm³/mol. The van der Waals surface area contributed by atoms with E-state index in [9.17, 15) is 4.79 Å². The third-order valence-electron chi connectivity index (χ3n) is 2.28. The molecule has 0 saturated carbocycles. The summed E-state index contributed by atoms with van der Waals surface area (Å²) in [5, 5.41) is 0. The first-order chi connectivity index (χ1) is 5.20. The van der Waals surface area contributed by atoms with Crippen LogP contribution >= 0.6 is 9.39 Å². The van der Waals surface area contributed by atoms with Gasteiger partial charge in [0, 0.05) is 19.0 Å². The van der Waals surface area contributed by atoms with Crippen molar-refractivity contribution in [2.45, 2.75) is 26.2 Å². The third kappa shape index (κ3) is 2.88. The Bertz CT molecular complexity index is 149. The number of carbonyl (C=O) groups excluding carboxylic acids is 1. The second-order valence-electron chi connectivity index (χ2n) is 3.30. The van der Waals surface area contributed by atoms with Crippen molar-refractivity contribution in [3.05, 3.63) is 0 Å². The summed E-state index contributed by atoms with van der Waals surface area (Å²) in [4.78, 5) is 11.1. The minimum atomic E-state index is 0.287. The van der Waals surface area contributed by atoms with Crippen LogP contribution in [0.3, 0.4) is 0 Å². The van der Waals surface area contributed by atoms with Crippen LogP contribution in [0.2, 0.25) is 0 Å². The van der Waals surface area contributed by atoms with Crippen LogP contribution in [0.4, 0.5) is 0 Å². The Morgan fingerprint density at radius 3 is 2.91 bits per heavy atom. The lowest BCUT2D eigenvalue weighted by atomic mass is 10.00. The molecule has 1 saturated heterocycles. The molecular formula is C8H16NOP. The van der Waals surface area contributed by atoms with Crippen molar-refractivity contribution < 1.29 is 4.79 Å². The zero-order valence-electron chi connectivity index (χ0n) is 7.05. The van der Waals surface area contributed by atoms with E-state index in [-0.39, 0.29) is 5.92 Å². The summed E-state index contributed by atoms with van der Waals surface area (Å²) in [6.45, 7) is 3.75. The number of hydrogen-bond donors (Lipinski definition) is 0. The molecule has 64 valence electrons. The molecule has 2 atom stereocenters. The molecule has 0 radical (unpaired) electrons. The molecule has 11 heavy (non-hydrogen) atoms. The molecule has 0 amide bonds. The fourth-order valence-corrected chi connectivity index (χ4v) is 1.94. The molecular weight excluding hydrogens is 157 g/mol. The first-order valence-corrected chi connectivity index (χ1v) is 4.72. The van der Waals surface area contributed by atoms with E-state index in [1.54, 1.807) is 6.92 Å². The number of hydrogen-bond acceptors (Lipinski definition) is 2. The fourth-order valence-electron chi connectivity index (χ4n) is 1.50. The van der Waals surface area contributed by atoms with Crippen LogP contribution in [0, 0.1) is 5.92 Å². The van der Waals surface area contributed by atoms with Gasteiger partial charge in [0.1, 0.15) is 5.78 Å². The Kier molecular flexibility index (Phi) is 3.47. The van der Waals surface area contributed by atoms with Gasteiger partial charge in [-0.2, -0.15) is 0 Å². The number of rotatable bonds is 1. The summed E-state index contributed by atoms with van der Waals surface area (Å²) >= 11 is 0. The van der Waals surface area contributed by atoms with Gasteiger partial charge in [0.15, 0.2) is 0 Å². The smallest absolute Gasteiger partial charge is 0.134 e. The van der Waals surface area contributed by atoms with E-state index in [4.69, 9.17) is 0 Å². The molecule has 1 fully saturated rings. The molecule has 1 aliphatic rings. The molecule has 0 aromatic heterocycles. The fraction of sp³-hybridized carbons (Fsp3) is 0.875. The SMILES string of the molecule is CC(=O)C1CCCCN(P)C1. The summed E-state index contributed by atoms with van der Waals surface area (Å²) in [5.41, 5.74) is 0. The highest BCUT2D eigenvalue weighted by atomic mass is 31.0. The lowest BCUT2D eigenvalue weighted by molar-refractivity contribution is -0.121. The minimum Gasteiger partial charge on any atom is -0.300 e. The maximum absolute atomic E-state index is 11.1. The number of nitrogens with zero attached hydrogens (tertiary/aromatic N) is 1. The Morgan fingerprint density at radius 1 is 1.55 bits per heavy atom. The van der Waals surface area contributed by atoms with E-state index in [2.05, 4.69) is 14.1 Å². The molecule has 1 rings (SSSR count). The first kappa shape index (κ1) is 9.15. The van der Waals surface area contributed by atoms with Crippen LogP contribution in [0.25, 0.3) is 0 Å². The topological polar surface area (TPSA) is 20.3 Å². The highest BCUT2D eigenvalue weighted by Gasteiger charge is 2.18. The number of carbonyl (C=O) groups is 1. The van der Waals surface area contributed by atoms with Crippen LogP contribution in [0.1, 0.15) is 26.2 Å². The van der Waals surface area contributed by atoms with Gasteiger partial charge in [-0.3, -0.25) is 9.46 Å². The molecule has 2 unspecified atom stereocenters. The Balaban J connectivity index is 2.45. The summed E-state index contributed by atoms with van der Waals surface area (Å²) in [5.74, 6) is 0.634. The second-order valence-corrected chi connectivity index (χ2v) is 4.03. The maximum Gasteiger partial charge on any atom is 0.134 e. The standard InChI is InChI=1S/C8H16NOP/c1-7(10)8-4-2-3-5-9(11)6-8/h8H,2-6,11H2,1H3. The minimum absolute atomic E-state index is 0.287. The van der Waals surface area contributed by atoms with Crippen molar-refractivity contribution in [3.63, 3.8) is 0 Å². The van der Waals surface area contributed by atoms with Crippen LogP contribution in [0.5, 0.6) is 0 Å². The number of Topliss-reactive ketones (excluding diaryl/α,β-unsaturated/α-hetero) is 1. The highest BCUT2D eigenvalue weighted by Crippen LogP contribution is 2.19. The van der Waals surface area contributed by atoms with E-state index in [0.29, 0.717) is 5.78 Å². The van der Waals surface area contributed by atoms with Crippen molar-refractivity contribution in [2.24, 2.45) is 5.92 Å². The zero-order valence-corrected chi connectivity index (χ0v) is 8.20. The van der Waals surface area contributed by atoms with Gasteiger partial charge in [0.05, 0.1) is 0 Å². The largest absolute Gasteiger partial charge is 0.300 e. The molecule has 0 spiro atoms. The van der Waals surface area contributed by atoms with Crippen molar-refractivity contribution in [3.8, 4) is 0 Å². The van der Waals surface area contributed by atoms with E-state index in [1.165, 1.54) is 12.8 Å². The quantitative estimate of drug-likeness (QED) is 0.559. The molecule has 0 aliphatic carbocycles.